The van der Waals surface area contributed by atoms with E-state index in [4.69, 9.17) is 11.5 Å². The van der Waals surface area contributed by atoms with Crippen LogP contribution in [0.4, 0.5) is 0 Å². The molecule has 13 heavy (non-hydrogen) atoms. The van der Waals surface area contributed by atoms with E-state index < -0.39 is 0 Å². The van der Waals surface area contributed by atoms with Crippen molar-refractivity contribution in [3.05, 3.63) is 0 Å². The van der Waals surface area contributed by atoms with Crippen molar-refractivity contribution < 1.29 is 0 Å². The fraction of sp³-hybridized carbons (Fsp3) is 1.00. The average molecular weight is 187 g/mol. The van der Waals surface area contributed by atoms with Crippen LogP contribution in [0.15, 0.2) is 0 Å². The fourth-order valence-electron chi connectivity index (χ4n) is 1.64. The predicted octanol–water partition coefficient (Wildman–Crippen LogP) is 1.04. The molecule has 0 fully saturated rings. The van der Waals surface area contributed by atoms with Crippen molar-refractivity contribution in [1.29, 1.82) is 0 Å². The van der Waals surface area contributed by atoms with Crippen LogP contribution < -0.4 is 16.8 Å². The second-order valence-electron chi connectivity index (χ2n) is 5.22. The summed E-state index contributed by atoms with van der Waals surface area (Å²) in [6, 6.07) is 0. The van der Waals surface area contributed by atoms with Gasteiger partial charge in [0.15, 0.2) is 0 Å². The second-order valence-corrected chi connectivity index (χ2v) is 5.22. The molecule has 0 aliphatic carbocycles. The van der Waals surface area contributed by atoms with Crippen LogP contribution in [0.25, 0.3) is 0 Å². The van der Waals surface area contributed by atoms with Crippen molar-refractivity contribution in [2.24, 2.45) is 16.9 Å². The van der Waals surface area contributed by atoms with Crippen molar-refractivity contribution >= 4 is 0 Å². The number of nitrogens with one attached hydrogen (secondary N) is 1. The van der Waals surface area contributed by atoms with E-state index >= 15 is 0 Å². The normalized spacial score (nSPS) is 17.1. The van der Waals surface area contributed by atoms with Gasteiger partial charge in [-0.3, -0.25) is 5.32 Å². The van der Waals surface area contributed by atoms with Gasteiger partial charge < -0.3 is 11.5 Å². The van der Waals surface area contributed by atoms with E-state index in [1.165, 1.54) is 0 Å². The molecule has 0 aliphatic heterocycles. The Bertz CT molecular complexity index is 136. The van der Waals surface area contributed by atoms with E-state index in [-0.39, 0.29) is 11.1 Å². The van der Waals surface area contributed by atoms with Crippen molar-refractivity contribution in [1.82, 2.24) is 5.32 Å². The van der Waals surface area contributed by atoms with E-state index in [0.717, 1.165) is 25.9 Å². The zero-order valence-corrected chi connectivity index (χ0v) is 9.48. The zero-order chi connectivity index (χ0) is 10.5. The van der Waals surface area contributed by atoms with Gasteiger partial charge in [-0.05, 0) is 38.3 Å². The molecule has 0 saturated heterocycles. The van der Waals surface area contributed by atoms with Gasteiger partial charge in [-0.15, -0.1) is 0 Å². The lowest BCUT2D eigenvalue weighted by molar-refractivity contribution is 0.231. The van der Waals surface area contributed by atoms with Gasteiger partial charge >= 0.3 is 0 Å². The SMILES string of the molecule is CC(C)(C)CC(C)(N)NCCCN. The van der Waals surface area contributed by atoms with Crippen LogP contribution in [0, 0.1) is 5.41 Å². The van der Waals surface area contributed by atoms with Gasteiger partial charge in [0, 0.05) is 0 Å². The van der Waals surface area contributed by atoms with Gasteiger partial charge in [0.1, 0.15) is 0 Å². The topological polar surface area (TPSA) is 64.1 Å². The molecule has 0 radical (unpaired) electrons. The van der Waals surface area contributed by atoms with E-state index in [1.807, 2.05) is 6.92 Å². The molecule has 1 atom stereocenters. The summed E-state index contributed by atoms with van der Waals surface area (Å²) in [7, 11) is 0. The molecule has 0 aromatic heterocycles. The predicted molar refractivity (Wildman–Crippen MR) is 58.3 cm³/mol. The Labute approximate surface area is 82.3 Å². The first-order valence-electron chi connectivity index (χ1n) is 5.01. The molecule has 5 N–H and O–H groups in total. The minimum absolute atomic E-state index is 0.263. The smallest absolute Gasteiger partial charge is 0.0637 e. The standard InChI is InChI=1S/C10H25N3/c1-9(2,3)8-10(4,12)13-7-5-6-11/h13H,5-8,11-12H2,1-4H3. The van der Waals surface area contributed by atoms with Crippen molar-refractivity contribution in [3.8, 4) is 0 Å². The summed E-state index contributed by atoms with van der Waals surface area (Å²) < 4.78 is 0. The highest BCUT2D eigenvalue weighted by Crippen LogP contribution is 2.23. The molecule has 0 aromatic carbocycles. The maximum atomic E-state index is 6.09. The highest BCUT2D eigenvalue weighted by Gasteiger charge is 2.24. The molecular weight excluding hydrogens is 162 g/mol. The van der Waals surface area contributed by atoms with Gasteiger partial charge in [-0.2, -0.15) is 0 Å². The second kappa shape index (κ2) is 4.94. The summed E-state index contributed by atoms with van der Waals surface area (Å²) in [5, 5.41) is 3.31. The van der Waals surface area contributed by atoms with E-state index in [9.17, 15) is 0 Å². The lowest BCUT2D eigenvalue weighted by Crippen LogP contribution is -2.53. The number of nitrogens with two attached hydrogens (primary N) is 2. The molecular formula is C10H25N3. The van der Waals surface area contributed by atoms with Crippen LogP contribution in [0.1, 0.15) is 40.5 Å². The maximum absolute atomic E-state index is 6.09. The van der Waals surface area contributed by atoms with Crippen molar-refractivity contribution in [2.45, 2.75) is 46.2 Å². The lowest BCUT2D eigenvalue weighted by Gasteiger charge is -2.33. The lowest BCUT2D eigenvalue weighted by atomic mass is 9.85. The van der Waals surface area contributed by atoms with Crippen LogP contribution >= 0.6 is 0 Å². The zero-order valence-electron chi connectivity index (χ0n) is 9.48. The Kier molecular flexibility index (Phi) is 4.89. The number of rotatable bonds is 5. The van der Waals surface area contributed by atoms with Crippen LogP contribution in [0.2, 0.25) is 0 Å². The van der Waals surface area contributed by atoms with Crippen LogP contribution in [0.5, 0.6) is 0 Å². The number of hydrogen-bond acceptors (Lipinski definition) is 3. The number of hydrogen-bond donors (Lipinski definition) is 3. The van der Waals surface area contributed by atoms with E-state index in [1.54, 1.807) is 0 Å². The third-order valence-corrected chi connectivity index (χ3v) is 1.81. The van der Waals surface area contributed by atoms with E-state index in [2.05, 4.69) is 26.1 Å². The molecule has 0 rings (SSSR count). The monoisotopic (exact) mass is 187 g/mol. The van der Waals surface area contributed by atoms with Crippen molar-refractivity contribution in [3.63, 3.8) is 0 Å². The molecule has 0 aliphatic rings. The average Bonchev–Trinajstić information content (AvgIpc) is 1.81. The van der Waals surface area contributed by atoms with Crippen LogP contribution in [-0.2, 0) is 0 Å². The third kappa shape index (κ3) is 8.22. The maximum Gasteiger partial charge on any atom is 0.0637 e. The third-order valence-electron chi connectivity index (χ3n) is 1.81. The van der Waals surface area contributed by atoms with Gasteiger partial charge in [-0.25, -0.2) is 0 Å². The highest BCUT2D eigenvalue weighted by atomic mass is 15.1. The van der Waals surface area contributed by atoms with Crippen molar-refractivity contribution in [2.75, 3.05) is 13.1 Å². The molecule has 3 heteroatoms. The largest absolute Gasteiger partial charge is 0.330 e. The molecule has 0 heterocycles. The molecule has 0 amide bonds. The Morgan fingerprint density at radius 2 is 1.69 bits per heavy atom. The highest BCUT2D eigenvalue weighted by molar-refractivity contribution is 4.81. The summed E-state index contributed by atoms with van der Waals surface area (Å²) >= 11 is 0. The summed E-state index contributed by atoms with van der Waals surface area (Å²) in [6.45, 7) is 10.3. The Balaban J connectivity index is 3.80. The van der Waals surface area contributed by atoms with Gasteiger partial charge in [0.05, 0.1) is 5.66 Å². The molecule has 80 valence electrons. The summed E-state index contributed by atoms with van der Waals surface area (Å²) in [5.74, 6) is 0. The Morgan fingerprint density at radius 1 is 1.15 bits per heavy atom. The summed E-state index contributed by atoms with van der Waals surface area (Å²) in [4.78, 5) is 0. The summed E-state index contributed by atoms with van der Waals surface area (Å²) in [6.07, 6.45) is 1.95. The van der Waals surface area contributed by atoms with Gasteiger partial charge in [-0.1, -0.05) is 20.8 Å². The Morgan fingerprint density at radius 3 is 2.08 bits per heavy atom. The fourth-order valence-corrected chi connectivity index (χ4v) is 1.64. The molecule has 0 bridgehead atoms. The summed E-state index contributed by atoms with van der Waals surface area (Å²) in [5.41, 5.74) is 11.5. The molecule has 1 unspecified atom stereocenters. The molecule has 0 aromatic rings. The first kappa shape index (κ1) is 12.9. The molecule has 0 spiro atoms. The minimum atomic E-state index is -0.270. The quantitative estimate of drug-likeness (QED) is 0.445. The van der Waals surface area contributed by atoms with Gasteiger partial charge in [0.25, 0.3) is 0 Å². The molecule has 3 nitrogen and oxygen atoms in total. The first-order chi connectivity index (χ1) is 5.77. The van der Waals surface area contributed by atoms with Crippen LogP contribution in [0.3, 0.4) is 0 Å². The van der Waals surface area contributed by atoms with Crippen LogP contribution in [-0.4, -0.2) is 18.8 Å². The molecule has 0 saturated carbocycles. The minimum Gasteiger partial charge on any atom is -0.330 e. The van der Waals surface area contributed by atoms with E-state index in [0.29, 0.717) is 0 Å². The first-order valence-corrected chi connectivity index (χ1v) is 5.01. The Hall–Kier alpha value is -0.120. The van der Waals surface area contributed by atoms with Gasteiger partial charge in [0.2, 0.25) is 0 Å².